The van der Waals surface area contributed by atoms with Gasteiger partial charge in [-0.3, -0.25) is 4.90 Å². The maximum absolute atomic E-state index is 13.3. The molecule has 3 nitrogen and oxygen atoms in total. The largest absolute Gasteiger partial charge is 0.416 e. The second-order valence-electron chi connectivity index (χ2n) is 8.82. The molecule has 2 aromatic carbocycles. The number of piperidine rings is 1. The molecule has 158 valence electrons. The smallest absolute Gasteiger partial charge is 0.388 e. The van der Waals surface area contributed by atoms with Gasteiger partial charge in [0.1, 0.15) is 5.60 Å². The van der Waals surface area contributed by atoms with Crippen molar-refractivity contribution in [1.82, 2.24) is 4.90 Å². The van der Waals surface area contributed by atoms with E-state index in [2.05, 4.69) is 22.2 Å². The van der Waals surface area contributed by atoms with Crippen LogP contribution in [0.15, 0.2) is 53.7 Å². The maximum Gasteiger partial charge on any atom is 0.416 e. The summed E-state index contributed by atoms with van der Waals surface area (Å²) in [5.74, 6) is 0.0756. The summed E-state index contributed by atoms with van der Waals surface area (Å²) in [4.78, 5) is 8.21. The predicted molar refractivity (Wildman–Crippen MR) is 109 cm³/mol. The number of benzene rings is 2. The lowest BCUT2D eigenvalue weighted by Gasteiger charge is -2.37. The van der Waals surface area contributed by atoms with Crippen molar-refractivity contribution in [1.29, 1.82) is 0 Å². The molecule has 2 fully saturated rings. The van der Waals surface area contributed by atoms with Crippen molar-refractivity contribution < 1.29 is 18.0 Å². The number of hydrogen-bond donors (Lipinski definition) is 0. The fourth-order valence-electron chi connectivity index (χ4n) is 4.65. The van der Waals surface area contributed by atoms with Gasteiger partial charge in [-0.1, -0.05) is 47.6 Å². The van der Waals surface area contributed by atoms with Gasteiger partial charge in [0.15, 0.2) is 0 Å². The van der Waals surface area contributed by atoms with Gasteiger partial charge >= 0.3 is 6.18 Å². The average Bonchev–Trinajstić information content (AvgIpc) is 3.51. The Morgan fingerprint density at radius 3 is 2.43 bits per heavy atom. The Morgan fingerprint density at radius 1 is 1.03 bits per heavy atom. The minimum Gasteiger partial charge on any atom is -0.388 e. The summed E-state index contributed by atoms with van der Waals surface area (Å²) in [6, 6.07) is 14.8. The molecular weight excluding hydrogens is 389 g/mol. The second-order valence-corrected chi connectivity index (χ2v) is 8.82. The van der Waals surface area contributed by atoms with E-state index in [1.807, 2.05) is 18.2 Å². The van der Waals surface area contributed by atoms with E-state index in [1.54, 1.807) is 12.1 Å². The highest BCUT2D eigenvalue weighted by molar-refractivity contribution is 6.01. The third-order valence-corrected chi connectivity index (χ3v) is 6.56. The number of halogens is 3. The molecule has 3 aliphatic rings. The summed E-state index contributed by atoms with van der Waals surface area (Å²) in [5.41, 5.74) is 2.86. The van der Waals surface area contributed by atoms with Gasteiger partial charge < -0.3 is 4.84 Å². The molecule has 1 aliphatic carbocycles. The molecule has 5 rings (SSSR count). The van der Waals surface area contributed by atoms with Gasteiger partial charge in [-0.05, 0) is 41.5 Å². The molecular formula is C24H25F3N2O. The van der Waals surface area contributed by atoms with Crippen LogP contribution in [0.5, 0.6) is 0 Å². The first-order chi connectivity index (χ1) is 14.4. The summed E-state index contributed by atoms with van der Waals surface area (Å²) in [7, 11) is 0. The lowest BCUT2D eigenvalue weighted by Crippen LogP contribution is -2.44. The lowest BCUT2D eigenvalue weighted by molar-refractivity contribution is -0.138. The third kappa shape index (κ3) is 3.97. The molecule has 6 heteroatoms. The first kappa shape index (κ1) is 19.6. The zero-order chi connectivity index (χ0) is 20.8. The van der Waals surface area contributed by atoms with Gasteiger partial charge in [-0.25, -0.2) is 0 Å². The van der Waals surface area contributed by atoms with Crippen LogP contribution >= 0.6 is 0 Å². The zero-order valence-corrected chi connectivity index (χ0v) is 16.8. The van der Waals surface area contributed by atoms with E-state index in [0.29, 0.717) is 12.1 Å². The quantitative estimate of drug-likeness (QED) is 0.637. The third-order valence-electron chi connectivity index (χ3n) is 6.56. The topological polar surface area (TPSA) is 24.8 Å². The minimum atomic E-state index is -4.27. The van der Waals surface area contributed by atoms with Crippen LogP contribution in [-0.4, -0.2) is 29.3 Å². The molecule has 2 aromatic rings. The van der Waals surface area contributed by atoms with Gasteiger partial charge in [0.25, 0.3) is 0 Å². The summed E-state index contributed by atoms with van der Waals surface area (Å²) < 4.78 is 39.9. The van der Waals surface area contributed by atoms with E-state index in [-0.39, 0.29) is 11.5 Å². The van der Waals surface area contributed by atoms with Crippen LogP contribution in [0.3, 0.4) is 0 Å². The number of likely N-dealkylation sites (tertiary alicyclic amines) is 1. The van der Waals surface area contributed by atoms with Gasteiger partial charge in [0.2, 0.25) is 0 Å². The summed E-state index contributed by atoms with van der Waals surface area (Å²) in [6.45, 7) is 2.40. The molecule has 0 aromatic heterocycles. The van der Waals surface area contributed by atoms with Crippen LogP contribution in [0.2, 0.25) is 0 Å². The Bertz CT molecular complexity index is 943. The number of rotatable bonds is 4. The van der Waals surface area contributed by atoms with E-state index < -0.39 is 11.7 Å². The van der Waals surface area contributed by atoms with Crippen LogP contribution in [0.1, 0.15) is 60.3 Å². The Morgan fingerprint density at radius 2 is 1.77 bits per heavy atom. The Hall–Kier alpha value is -2.34. The molecule has 1 saturated heterocycles. The monoisotopic (exact) mass is 414 g/mol. The van der Waals surface area contributed by atoms with E-state index in [4.69, 9.17) is 4.84 Å². The van der Waals surface area contributed by atoms with Crippen molar-refractivity contribution in [2.45, 2.75) is 56.3 Å². The van der Waals surface area contributed by atoms with Crippen molar-refractivity contribution in [3.05, 3.63) is 70.8 Å². The number of nitrogens with zero attached hydrogens (tertiary/aromatic N) is 2. The maximum atomic E-state index is 13.3. The van der Waals surface area contributed by atoms with Crippen LogP contribution in [0.25, 0.3) is 0 Å². The highest BCUT2D eigenvalue weighted by Crippen LogP contribution is 2.46. The Labute approximate surface area is 174 Å². The second kappa shape index (κ2) is 7.41. The summed E-state index contributed by atoms with van der Waals surface area (Å²) in [5, 5.41) is 4.35. The highest BCUT2D eigenvalue weighted by Gasteiger charge is 2.42. The van der Waals surface area contributed by atoms with Gasteiger partial charge in [0.05, 0.1) is 11.3 Å². The standard InChI is InChI=1S/C24H25F3N2O/c25-24(26,27)21-9-6-17(14-20(21)18-7-8-18)16-29-12-10-23(11-13-29)15-22(28-30-23)19-4-2-1-3-5-19/h1-6,9,14,18H,7-8,10-13,15-16H2. The van der Waals surface area contributed by atoms with Crippen molar-refractivity contribution in [3.8, 4) is 0 Å². The molecule has 30 heavy (non-hydrogen) atoms. The molecule has 2 heterocycles. The number of alkyl halides is 3. The SMILES string of the molecule is FC(F)(F)c1ccc(CN2CCC3(CC2)CC(c2ccccc2)=NO3)cc1C1CC1. The van der Waals surface area contributed by atoms with Gasteiger partial charge in [0, 0.05) is 38.9 Å². The molecule has 0 atom stereocenters. The van der Waals surface area contributed by atoms with E-state index in [9.17, 15) is 13.2 Å². The molecule has 2 aliphatic heterocycles. The zero-order valence-electron chi connectivity index (χ0n) is 16.8. The summed E-state index contributed by atoms with van der Waals surface area (Å²) in [6.07, 6.45) is 0.0206. The van der Waals surface area contributed by atoms with Gasteiger partial charge in [-0.15, -0.1) is 0 Å². The fourth-order valence-corrected chi connectivity index (χ4v) is 4.65. The molecule has 0 N–H and O–H groups in total. The summed E-state index contributed by atoms with van der Waals surface area (Å²) >= 11 is 0. The van der Waals surface area contributed by atoms with E-state index in [1.165, 1.54) is 6.07 Å². The van der Waals surface area contributed by atoms with Gasteiger partial charge in [-0.2, -0.15) is 13.2 Å². The Kier molecular flexibility index (Phi) is 4.85. The molecule has 1 saturated carbocycles. The molecule has 0 unspecified atom stereocenters. The predicted octanol–water partition coefficient (Wildman–Crippen LogP) is 5.74. The minimum absolute atomic E-state index is 0.0756. The Balaban J connectivity index is 1.22. The van der Waals surface area contributed by atoms with Crippen molar-refractivity contribution in [3.63, 3.8) is 0 Å². The van der Waals surface area contributed by atoms with Crippen LogP contribution < -0.4 is 0 Å². The molecule has 0 amide bonds. The van der Waals surface area contributed by atoms with Crippen molar-refractivity contribution in [2.75, 3.05) is 13.1 Å². The van der Waals surface area contributed by atoms with Crippen LogP contribution in [0.4, 0.5) is 13.2 Å². The van der Waals surface area contributed by atoms with Crippen molar-refractivity contribution >= 4 is 5.71 Å². The highest BCUT2D eigenvalue weighted by atomic mass is 19.4. The fraction of sp³-hybridized carbons (Fsp3) is 0.458. The average molecular weight is 414 g/mol. The van der Waals surface area contributed by atoms with Crippen molar-refractivity contribution in [2.24, 2.45) is 5.16 Å². The first-order valence-electron chi connectivity index (χ1n) is 10.6. The van der Waals surface area contributed by atoms with E-state index >= 15 is 0 Å². The lowest BCUT2D eigenvalue weighted by atomic mass is 9.85. The molecule has 0 bridgehead atoms. The molecule has 1 spiro atoms. The normalized spacial score (nSPS) is 21.5. The van der Waals surface area contributed by atoms with E-state index in [0.717, 1.165) is 62.0 Å². The first-order valence-corrected chi connectivity index (χ1v) is 10.6. The van der Waals surface area contributed by atoms with Crippen LogP contribution in [0, 0.1) is 0 Å². The number of oxime groups is 1. The number of hydrogen-bond acceptors (Lipinski definition) is 3. The van der Waals surface area contributed by atoms with Crippen LogP contribution in [-0.2, 0) is 17.6 Å². The molecule has 0 radical (unpaired) electrons.